The molecule has 1 amide bonds. The summed E-state index contributed by atoms with van der Waals surface area (Å²) < 4.78 is 5.53. The Morgan fingerprint density at radius 1 is 0.897 bits per heavy atom. The highest BCUT2D eigenvalue weighted by molar-refractivity contribution is 7.99. The van der Waals surface area contributed by atoms with Crippen molar-refractivity contribution < 1.29 is 9.53 Å². The molecule has 0 N–H and O–H groups in total. The van der Waals surface area contributed by atoms with Crippen LogP contribution in [0.2, 0.25) is 0 Å². The van der Waals surface area contributed by atoms with E-state index >= 15 is 0 Å². The lowest BCUT2D eigenvalue weighted by molar-refractivity contribution is 0.0240. The predicted molar refractivity (Wildman–Crippen MR) is 121 cm³/mol. The molecule has 1 heterocycles. The number of ether oxygens (including phenoxy) is 1. The fourth-order valence-corrected chi connectivity index (χ4v) is 4.47. The van der Waals surface area contributed by atoms with Gasteiger partial charge in [-0.05, 0) is 70.9 Å². The molecule has 0 aliphatic carbocycles. The lowest BCUT2D eigenvalue weighted by atomic mass is 10.2. The Morgan fingerprint density at radius 3 is 2.07 bits per heavy atom. The Morgan fingerprint density at radius 2 is 1.48 bits per heavy atom. The average Bonchev–Trinajstić information content (AvgIpc) is 2.64. The Labute approximate surface area is 179 Å². The Balaban J connectivity index is 1.74. The highest BCUT2D eigenvalue weighted by Crippen LogP contribution is 2.38. The van der Waals surface area contributed by atoms with Crippen LogP contribution in [0.15, 0.2) is 46.2 Å². The highest BCUT2D eigenvalue weighted by atomic mass is 32.2. The molecule has 2 aromatic carbocycles. The van der Waals surface area contributed by atoms with Crippen molar-refractivity contribution in [3.63, 3.8) is 0 Å². The Bertz CT molecular complexity index is 881. The van der Waals surface area contributed by atoms with Crippen LogP contribution >= 0.6 is 11.8 Å². The zero-order valence-electron chi connectivity index (χ0n) is 18.4. The van der Waals surface area contributed by atoms with Crippen LogP contribution < -0.4 is 4.90 Å². The molecule has 3 rings (SSSR count). The van der Waals surface area contributed by atoms with Gasteiger partial charge in [-0.1, -0.05) is 35.5 Å². The first-order valence-electron chi connectivity index (χ1n) is 10.2. The molecular formula is C24H32N2O2S. The second-order valence-electron chi connectivity index (χ2n) is 8.80. The first kappa shape index (κ1) is 21.6. The summed E-state index contributed by atoms with van der Waals surface area (Å²) in [5.41, 5.74) is 4.63. The molecule has 29 heavy (non-hydrogen) atoms. The van der Waals surface area contributed by atoms with Crippen LogP contribution in [0, 0.1) is 20.8 Å². The fourth-order valence-electron chi connectivity index (χ4n) is 3.45. The van der Waals surface area contributed by atoms with E-state index in [1.165, 1.54) is 32.2 Å². The van der Waals surface area contributed by atoms with Gasteiger partial charge in [0.25, 0.3) is 0 Å². The molecule has 1 fully saturated rings. The number of carbonyl (C=O) groups is 1. The molecule has 0 spiro atoms. The minimum atomic E-state index is -0.458. The van der Waals surface area contributed by atoms with Gasteiger partial charge in [0.1, 0.15) is 5.60 Å². The van der Waals surface area contributed by atoms with E-state index in [0.717, 1.165) is 13.1 Å². The summed E-state index contributed by atoms with van der Waals surface area (Å²) in [6, 6.07) is 13.3. The van der Waals surface area contributed by atoms with Crippen LogP contribution in [0.1, 0.15) is 37.5 Å². The summed E-state index contributed by atoms with van der Waals surface area (Å²) in [6.45, 7) is 15.1. The quantitative estimate of drug-likeness (QED) is 0.636. The zero-order valence-corrected chi connectivity index (χ0v) is 19.2. The third-order valence-electron chi connectivity index (χ3n) is 4.94. The number of rotatable bonds is 3. The molecule has 0 bridgehead atoms. The number of nitrogens with zero attached hydrogens (tertiary/aromatic N) is 2. The van der Waals surface area contributed by atoms with Gasteiger partial charge in [0.05, 0.1) is 5.69 Å². The molecule has 1 saturated heterocycles. The van der Waals surface area contributed by atoms with Crippen LogP contribution in [-0.4, -0.2) is 42.8 Å². The van der Waals surface area contributed by atoms with Crippen LogP contribution in [0.4, 0.5) is 10.5 Å². The number of aryl methyl sites for hydroxylation is 3. The number of piperazine rings is 1. The van der Waals surface area contributed by atoms with Crippen LogP contribution in [0.25, 0.3) is 0 Å². The molecule has 5 heteroatoms. The van der Waals surface area contributed by atoms with E-state index in [9.17, 15) is 4.79 Å². The van der Waals surface area contributed by atoms with Crippen molar-refractivity contribution in [3.05, 3.63) is 53.1 Å². The largest absolute Gasteiger partial charge is 0.444 e. The minimum absolute atomic E-state index is 0.216. The first-order chi connectivity index (χ1) is 13.6. The van der Waals surface area contributed by atoms with E-state index < -0.39 is 5.60 Å². The lowest BCUT2D eigenvalue weighted by Gasteiger charge is -2.37. The Hall–Kier alpha value is -2.14. The second kappa shape index (κ2) is 8.70. The topological polar surface area (TPSA) is 32.8 Å². The summed E-state index contributed by atoms with van der Waals surface area (Å²) in [5.74, 6) is 0. The minimum Gasteiger partial charge on any atom is -0.444 e. The van der Waals surface area contributed by atoms with Gasteiger partial charge < -0.3 is 14.5 Å². The van der Waals surface area contributed by atoms with E-state index in [4.69, 9.17) is 4.74 Å². The van der Waals surface area contributed by atoms with E-state index in [1.807, 2.05) is 37.4 Å². The normalized spacial score (nSPS) is 14.8. The molecule has 0 unspecified atom stereocenters. The molecule has 2 aromatic rings. The lowest BCUT2D eigenvalue weighted by Crippen LogP contribution is -2.50. The van der Waals surface area contributed by atoms with Gasteiger partial charge in [-0.15, -0.1) is 0 Å². The fraction of sp³-hybridized carbons (Fsp3) is 0.458. The standard InChI is InChI=1S/C24H32N2O2S/c1-17-7-9-21(19(3)15-17)29-22-10-8-18(2)16-20(22)25-11-13-26(14-12-25)23(27)28-24(4,5)6/h7-10,15-16H,11-14H2,1-6H3. The van der Waals surface area contributed by atoms with Crippen molar-refractivity contribution in [1.82, 2.24) is 4.90 Å². The third-order valence-corrected chi connectivity index (χ3v) is 6.18. The van der Waals surface area contributed by atoms with Gasteiger partial charge in [0.15, 0.2) is 0 Å². The monoisotopic (exact) mass is 412 g/mol. The van der Waals surface area contributed by atoms with Crippen molar-refractivity contribution in [2.45, 2.75) is 56.9 Å². The molecule has 0 aromatic heterocycles. The number of carbonyl (C=O) groups excluding carboxylic acids is 1. The van der Waals surface area contributed by atoms with E-state index in [2.05, 4.69) is 62.1 Å². The summed E-state index contributed by atoms with van der Waals surface area (Å²) in [6.07, 6.45) is -0.216. The molecule has 0 saturated carbocycles. The highest BCUT2D eigenvalue weighted by Gasteiger charge is 2.26. The van der Waals surface area contributed by atoms with Crippen molar-refractivity contribution in [3.8, 4) is 0 Å². The second-order valence-corrected chi connectivity index (χ2v) is 9.88. The molecule has 156 valence electrons. The van der Waals surface area contributed by atoms with Crippen molar-refractivity contribution in [1.29, 1.82) is 0 Å². The number of hydrogen-bond acceptors (Lipinski definition) is 4. The maximum Gasteiger partial charge on any atom is 0.410 e. The van der Waals surface area contributed by atoms with Crippen LogP contribution in [0.5, 0.6) is 0 Å². The molecule has 0 radical (unpaired) electrons. The maximum absolute atomic E-state index is 12.4. The molecular weight excluding hydrogens is 380 g/mol. The van der Waals surface area contributed by atoms with E-state index in [0.29, 0.717) is 13.1 Å². The molecule has 4 nitrogen and oxygen atoms in total. The predicted octanol–water partition coefficient (Wildman–Crippen LogP) is 5.82. The summed E-state index contributed by atoms with van der Waals surface area (Å²) in [5, 5.41) is 0. The van der Waals surface area contributed by atoms with E-state index in [1.54, 1.807) is 0 Å². The summed E-state index contributed by atoms with van der Waals surface area (Å²) >= 11 is 1.82. The van der Waals surface area contributed by atoms with Gasteiger partial charge >= 0.3 is 6.09 Å². The van der Waals surface area contributed by atoms with Gasteiger partial charge in [0.2, 0.25) is 0 Å². The Kier molecular flexibility index (Phi) is 6.47. The number of hydrogen-bond donors (Lipinski definition) is 0. The summed E-state index contributed by atoms with van der Waals surface area (Å²) in [4.78, 5) is 19.1. The zero-order chi connectivity index (χ0) is 21.2. The molecule has 1 aliphatic rings. The van der Waals surface area contributed by atoms with Gasteiger partial charge in [-0.3, -0.25) is 0 Å². The third kappa shape index (κ3) is 5.69. The number of benzene rings is 2. The van der Waals surface area contributed by atoms with Gasteiger partial charge in [-0.25, -0.2) is 4.79 Å². The molecule has 0 atom stereocenters. The van der Waals surface area contributed by atoms with Crippen molar-refractivity contribution >= 4 is 23.5 Å². The van der Waals surface area contributed by atoms with Crippen LogP contribution in [0.3, 0.4) is 0 Å². The number of anilines is 1. The van der Waals surface area contributed by atoms with Crippen LogP contribution in [-0.2, 0) is 4.74 Å². The van der Waals surface area contributed by atoms with Crippen molar-refractivity contribution in [2.24, 2.45) is 0 Å². The van der Waals surface area contributed by atoms with Crippen molar-refractivity contribution in [2.75, 3.05) is 31.1 Å². The first-order valence-corrected chi connectivity index (χ1v) is 11.0. The van der Waals surface area contributed by atoms with E-state index in [-0.39, 0.29) is 6.09 Å². The molecule has 1 aliphatic heterocycles. The maximum atomic E-state index is 12.4. The van der Waals surface area contributed by atoms with Gasteiger partial charge in [-0.2, -0.15) is 0 Å². The SMILES string of the molecule is Cc1ccc(Sc2ccc(C)cc2N2CCN(C(=O)OC(C)(C)C)CC2)c(C)c1. The van der Waals surface area contributed by atoms with Gasteiger partial charge in [0, 0.05) is 36.0 Å². The number of amides is 1. The average molecular weight is 413 g/mol. The smallest absolute Gasteiger partial charge is 0.410 e. The summed E-state index contributed by atoms with van der Waals surface area (Å²) in [7, 11) is 0.